The first-order valence-corrected chi connectivity index (χ1v) is 13.1. The van der Waals surface area contributed by atoms with Gasteiger partial charge >= 0.3 is 5.97 Å². The molecule has 184 valence electrons. The maximum atomic E-state index is 12.7. The Hall–Kier alpha value is -1.06. The highest BCUT2D eigenvalue weighted by Gasteiger charge is 2.31. The highest BCUT2D eigenvalue weighted by Crippen LogP contribution is 2.25. The number of methoxy groups -OCH3 is 1. The van der Waals surface area contributed by atoms with Gasteiger partial charge in [-0.15, -0.1) is 0 Å². The van der Waals surface area contributed by atoms with Crippen molar-refractivity contribution in [1.82, 2.24) is 5.32 Å². The number of ether oxygens (including phenoxy) is 1. The molecule has 1 atom stereocenters. The van der Waals surface area contributed by atoms with Gasteiger partial charge in [0.2, 0.25) is 5.91 Å². The molecule has 0 unspecified atom stereocenters. The van der Waals surface area contributed by atoms with Gasteiger partial charge in [-0.2, -0.15) is 0 Å². The minimum absolute atomic E-state index is 0.0433. The van der Waals surface area contributed by atoms with Crippen molar-refractivity contribution in [3.8, 4) is 0 Å². The first kappa shape index (κ1) is 29.9. The van der Waals surface area contributed by atoms with E-state index in [1.54, 1.807) is 0 Å². The Bertz CT molecular complexity index is 459. The van der Waals surface area contributed by atoms with E-state index >= 15 is 0 Å². The lowest BCUT2D eigenvalue weighted by Crippen LogP contribution is -2.47. The molecule has 4 nitrogen and oxygen atoms in total. The summed E-state index contributed by atoms with van der Waals surface area (Å²) in [6, 6.07) is -0.548. The van der Waals surface area contributed by atoms with E-state index in [-0.39, 0.29) is 11.9 Å². The zero-order chi connectivity index (χ0) is 23.5. The molecule has 0 bridgehead atoms. The number of hydrogen-bond acceptors (Lipinski definition) is 3. The van der Waals surface area contributed by atoms with Gasteiger partial charge in [0.25, 0.3) is 0 Å². The second-order valence-corrected chi connectivity index (χ2v) is 10.4. The maximum absolute atomic E-state index is 12.7. The smallest absolute Gasteiger partial charge is 0.328 e. The molecule has 0 aliphatic carbocycles. The molecule has 0 aromatic heterocycles. The van der Waals surface area contributed by atoms with Gasteiger partial charge < -0.3 is 10.1 Å². The topological polar surface area (TPSA) is 55.4 Å². The molecule has 0 spiro atoms. The number of nitrogens with one attached hydrogen (secondary N) is 1. The quantitative estimate of drug-likeness (QED) is 0.157. The monoisotopic (exact) mass is 439 g/mol. The third-order valence-electron chi connectivity index (χ3n) is 6.27. The maximum Gasteiger partial charge on any atom is 0.328 e. The second-order valence-electron chi connectivity index (χ2n) is 10.4. The molecular formula is C27H53NO3. The molecule has 0 aliphatic rings. The number of esters is 1. The van der Waals surface area contributed by atoms with Gasteiger partial charge in [-0.3, -0.25) is 4.79 Å². The molecular weight excluding hydrogens is 386 g/mol. The standard InChI is InChI=1S/C27H53NO3/c1-7-8-9-10-11-12-13-14-15-16-17-18-19-20-21-27(4,5)26(30)28-24(22-23(2)3)25(29)31-6/h23-24H,7-22H2,1-6H3,(H,28,30)/t24-/m0/s1. The van der Waals surface area contributed by atoms with Crippen molar-refractivity contribution in [2.24, 2.45) is 11.3 Å². The third kappa shape index (κ3) is 16.3. The van der Waals surface area contributed by atoms with Crippen molar-refractivity contribution in [2.75, 3.05) is 7.11 Å². The lowest BCUT2D eigenvalue weighted by molar-refractivity contribution is -0.147. The van der Waals surface area contributed by atoms with Crippen LogP contribution in [0, 0.1) is 11.3 Å². The summed E-state index contributed by atoms with van der Waals surface area (Å²) in [6.45, 7) is 10.3. The van der Waals surface area contributed by atoms with Crippen LogP contribution in [0.2, 0.25) is 0 Å². The minimum Gasteiger partial charge on any atom is -0.467 e. The second kappa shape index (κ2) is 18.5. The predicted molar refractivity (Wildman–Crippen MR) is 132 cm³/mol. The van der Waals surface area contributed by atoms with Gasteiger partial charge in [0.1, 0.15) is 6.04 Å². The van der Waals surface area contributed by atoms with Crippen LogP contribution in [0.3, 0.4) is 0 Å². The normalized spacial score (nSPS) is 12.7. The summed E-state index contributed by atoms with van der Waals surface area (Å²) >= 11 is 0. The van der Waals surface area contributed by atoms with Crippen molar-refractivity contribution in [2.45, 2.75) is 143 Å². The number of amides is 1. The fourth-order valence-electron chi connectivity index (χ4n) is 4.06. The van der Waals surface area contributed by atoms with Crippen LogP contribution in [-0.4, -0.2) is 25.0 Å². The van der Waals surface area contributed by atoms with Gasteiger partial charge in [0.05, 0.1) is 7.11 Å². The Kier molecular flexibility index (Phi) is 17.9. The summed E-state index contributed by atoms with van der Waals surface area (Å²) in [7, 11) is 1.38. The summed E-state index contributed by atoms with van der Waals surface area (Å²) in [4.78, 5) is 24.7. The zero-order valence-corrected chi connectivity index (χ0v) is 21.7. The number of hydrogen-bond donors (Lipinski definition) is 1. The van der Waals surface area contributed by atoms with E-state index in [1.807, 2.05) is 27.7 Å². The summed E-state index contributed by atoms with van der Waals surface area (Å²) in [6.07, 6.45) is 20.2. The molecule has 0 aliphatic heterocycles. The Morgan fingerprint density at radius 2 is 1.19 bits per heavy atom. The zero-order valence-electron chi connectivity index (χ0n) is 21.7. The van der Waals surface area contributed by atoms with Crippen LogP contribution in [0.4, 0.5) is 0 Å². The Balaban J connectivity index is 3.85. The number of rotatable bonds is 20. The minimum atomic E-state index is -0.548. The van der Waals surface area contributed by atoms with Crippen molar-refractivity contribution < 1.29 is 14.3 Å². The molecule has 0 radical (unpaired) electrons. The van der Waals surface area contributed by atoms with Crippen LogP contribution in [0.1, 0.15) is 137 Å². The summed E-state index contributed by atoms with van der Waals surface area (Å²) in [5.74, 6) is -0.0779. The van der Waals surface area contributed by atoms with E-state index in [0.29, 0.717) is 12.3 Å². The van der Waals surface area contributed by atoms with Crippen LogP contribution in [0.5, 0.6) is 0 Å². The van der Waals surface area contributed by atoms with Gasteiger partial charge in [-0.05, 0) is 18.8 Å². The van der Waals surface area contributed by atoms with Crippen LogP contribution < -0.4 is 5.32 Å². The largest absolute Gasteiger partial charge is 0.467 e. The van der Waals surface area contributed by atoms with E-state index in [1.165, 1.54) is 90.6 Å². The molecule has 0 saturated heterocycles. The van der Waals surface area contributed by atoms with Crippen molar-refractivity contribution in [3.63, 3.8) is 0 Å². The summed E-state index contributed by atoms with van der Waals surface area (Å²) < 4.78 is 4.86. The molecule has 0 rings (SSSR count). The highest BCUT2D eigenvalue weighted by atomic mass is 16.5. The summed E-state index contributed by atoms with van der Waals surface area (Å²) in [5, 5.41) is 2.93. The van der Waals surface area contributed by atoms with Gasteiger partial charge in [-0.1, -0.05) is 125 Å². The lowest BCUT2D eigenvalue weighted by atomic mass is 9.85. The predicted octanol–water partition coefficient (Wildman–Crippen LogP) is 7.59. The molecule has 0 fully saturated rings. The van der Waals surface area contributed by atoms with Crippen molar-refractivity contribution in [3.05, 3.63) is 0 Å². The number of carbonyl (C=O) groups is 2. The molecule has 0 aromatic rings. The molecule has 0 heterocycles. The van der Waals surface area contributed by atoms with Gasteiger partial charge in [-0.25, -0.2) is 4.79 Å². The van der Waals surface area contributed by atoms with E-state index in [2.05, 4.69) is 12.2 Å². The number of unbranched alkanes of at least 4 members (excludes halogenated alkanes) is 13. The van der Waals surface area contributed by atoms with Crippen LogP contribution in [0.25, 0.3) is 0 Å². The molecule has 1 amide bonds. The average molecular weight is 440 g/mol. The first-order chi connectivity index (χ1) is 14.7. The van der Waals surface area contributed by atoms with E-state index < -0.39 is 11.5 Å². The Morgan fingerprint density at radius 3 is 1.58 bits per heavy atom. The molecule has 1 N–H and O–H groups in total. The van der Waals surface area contributed by atoms with Crippen molar-refractivity contribution in [1.29, 1.82) is 0 Å². The summed E-state index contributed by atoms with van der Waals surface area (Å²) in [5.41, 5.74) is -0.458. The average Bonchev–Trinajstić information content (AvgIpc) is 2.72. The SMILES string of the molecule is CCCCCCCCCCCCCCCCC(C)(C)C(=O)N[C@@H](CC(C)C)C(=O)OC. The Morgan fingerprint density at radius 1 is 0.774 bits per heavy atom. The number of carbonyl (C=O) groups excluding carboxylic acids is 2. The van der Waals surface area contributed by atoms with Gasteiger partial charge in [0.15, 0.2) is 0 Å². The van der Waals surface area contributed by atoms with E-state index in [9.17, 15) is 9.59 Å². The first-order valence-electron chi connectivity index (χ1n) is 13.1. The molecule has 0 aromatic carbocycles. The van der Waals surface area contributed by atoms with Gasteiger partial charge in [0, 0.05) is 5.41 Å². The van der Waals surface area contributed by atoms with Crippen LogP contribution in [-0.2, 0) is 14.3 Å². The highest BCUT2D eigenvalue weighted by molar-refractivity contribution is 5.87. The fourth-order valence-corrected chi connectivity index (χ4v) is 4.06. The van der Waals surface area contributed by atoms with E-state index in [0.717, 1.165) is 12.8 Å². The van der Waals surface area contributed by atoms with Crippen LogP contribution >= 0.6 is 0 Å². The molecule has 4 heteroatoms. The third-order valence-corrected chi connectivity index (χ3v) is 6.27. The van der Waals surface area contributed by atoms with Crippen LogP contribution in [0.15, 0.2) is 0 Å². The molecule has 0 saturated carbocycles. The van der Waals surface area contributed by atoms with Crippen molar-refractivity contribution >= 4 is 11.9 Å². The van der Waals surface area contributed by atoms with E-state index in [4.69, 9.17) is 4.74 Å². The lowest BCUT2D eigenvalue weighted by Gasteiger charge is -2.27. The Labute approximate surface area is 193 Å². The fraction of sp³-hybridized carbons (Fsp3) is 0.926. The molecule has 31 heavy (non-hydrogen) atoms.